The Morgan fingerprint density at radius 2 is 1.65 bits per heavy atom. The summed E-state index contributed by atoms with van der Waals surface area (Å²) in [5, 5.41) is 16.0. The third kappa shape index (κ3) is 6.99. The Labute approximate surface area is 285 Å². The number of anilines is 1. The molecule has 7 rings (SSSR count). The van der Waals surface area contributed by atoms with Crippen molar-refractivity contribution in [3.63, 3.8) is 0 Å². The lowest BCUT2D eigenvalue weighted by molar-refractivity contribution is -0.131. The quantitative estimate of drug-likeness (QED) is 0.141. The molecule has 1 aromatic heterocycles. The van der Waals surface area contributed by atoms with Crippen molar-refractivity contribution < 1.29 is 24.2 Å². The molecule has 2 aliphatic rings. The Balaban J connectivity index is 1.20. The molecule has 0 bridgehead atoms. The van der Waals surface area contributed by atoms with Crippen LogP contribution < -0.4 is 15.4 Å². The minimum absolute atomic E-state index is 0.306. The van der Waals surface area contributed by atoms with Crippen molar-refractivity contribution in [3.8, 4) is 17.0 Å². The van der Waals surface area contributed by atoms with Crippen molar-refractivity contribution >= 4 is 40.4 Å². The predicted octanol–water partition coefficient (Wildman–Crippen LogP) is 7.83. The number of amides is 2. The molecule has 8 heteroatoms. The highest BCUT2D eigenvalue weighted by molar-refractivity contribution is 6.04. The lowest BCUT2D eigenvalue weighted by Gasteiger charge is -2.23. The molecular formula is C41H39N3O5. The number of carboxylic acids is 1. The monoisotopic (exact) mass is 653 g/mol. The lowest BCUT2D eigenvalue weighted by Crippen LogP contribution is -2.45. The summed E-state index contributed by atoms with van der Waals surface area (Å²) in [5.74, 6) is -0.378. The van der Waals surface area contributed by atoms with Gasteiger partial charge in [-0.1, -0.05) is 79.9 Å². The van der Waals surface area contributed by atoms with Gasteiger partial charge in [0.05, 0.1) is 12.2 Å². The van der Waals surface area contributed by atoms with Gasteiger partial charge in [-0.25, -0.2) is 4.79 Å². The van der Waals surface area contributed by atoms with E-state index in [1.807, 2.05) is 54.6 Å². The van der Waals surface area contributed by atoms with Gasteiger partial charge in [0, 0.05) is 40.2 Å². The van der Waals surface area contributed by atoms with Crippen LogP contribution in [0.1, 0.15) is 65.1 Å². The lowest BCUT2D eigenvalue weighted by atomic mass is 9.81. The zero-order chi connectivity index (χ0) is 33.7. The number of benzene rings is 4. The Morgan fingerprint density at radius 1 is 0.898 bits per heavy atom. The fourth-order valence-electron chi connectivity index (χ4n) is 7.25. The van der Waals surface area contributed by atoms with E-state index < -0.39 is 12.0 Å². The van der Waals surface area contributed by atoms with Crippen LogP contribution in [-0.4, -0.2) is 40.1 Å². The van der Waals surface area contributed by atoms with Gasteiger partial charge in [0.15, 0.2) is 0 Å². The molecule has 3 N–H and O–H groups in total. The second-order valence-corrected chi connectivity index (χ2v) is 12.8. The second kappa shape index (κ2) is 14.2. The minimum Gasteiger partial charge on any atom is -0.491 e. The average Bonchev–Trinajstić information content (AvgIpc) is 3.32. The van der Waals surface area contributed by atoms with Crippen LogP contribution in [0.25, 0.3) is 28.2 Å². The number of ether oxygens (including phenoxy) is 1. The van der Waals surface area contributed by atoms with Gasteiger partial charge in [-0.05, 0) is 77.9 Å². The van der Waals surface area contributed by atoms with Crippen LogP contribution in [0.3, 0.4) is 0 Å². The first-order valence-corrected chi connectivity index (χ1v) is 17.0. The van der Waals surface area contributed by atoms with E-state index >= 15 is 0 Å². The first-order valence-electron chi connectivity index (χ1n) is 17.0. The molecule has 2 heterocycles. The van der Waals surface area contributed by atoms with E-state index in [-0.39, 0.29) is 11.8 Å². The predicted molar refractivity (Wildman–Crippen MR) is 192 cm³/mol. The van der Waals surface area contributed by atoms with Gasteiger partial charge in [-0.3, -0.25) is 9.59 Å². The molecule has 1 fully saturated rings. The van der Waals surface area contributed by atoms with Crippen molar-refractivity contribution in [2.75, 3.05) is 11.9 Å². The molecular weight excluding hydrogens is 614 g/mol. The number of para-hydroxylation sites is 1. The van der Waals surface area contributed by atoms with Gasteiger partial charge in [0.25, 0.3) is 5.91 Å². The van der Waals surface area contributed by atoms with Gasteiger partial charge in [-0.15, -0.1) is 0 Å². The van der Waals surface area contributed by atoms with Gasteiger partial charge in [0.1, 0.15) is 18.4 Å². The van der Waals surface area contributed by atoms with Crippen molar-refractivity contribution in [1.82, 2.24) is 9.88 Å². The van der Waals surface area contributed by atoms with Crippen LogP contribution in [0, 0.1) is 0 Å². The fourth-order valence-corrected chi connectivity index (χ4v) is 7.25. The number of rotatable bonds is 9. The summed E-state index contributed by atoms with van der Waals surface area (Å²) < 4.78 is 8.52. The van der Waals surface area contributed by atoms with Crippen molar-refractivity contribution in [2.24, 2.45) is 0 Å². The Morgan fingerprint density at radius 3 is 2.43 bits per heavy atom. The molecule has 1 aliphatic carbocycles. The Hall–Kier alpha value is -5.63. The second-order valence-electron chi connectivity index (χ2n) is 12.8. The van der Waals surface area contributed by atoms with Crippen LogP contribution in [0.4, 0.5) is 5.69 Å². The zero-order valence-corrected chi connectivity index (χ0v) is 27.2. The van der Waals surface area contributed by atoms with Crippen molar-refractivity contribution in [2.45, 2.75) is 57.0 Å². The number of carboxylic acid groups (broad SMARTS) is 1. The third-order valence-corrected chi connectivity index (χ3v) is 9.60. The van der Waals surface area contributed by atoms with Gasteiger partial charge in [0.2, 0.25) is 5.91 Å². The van der Waals surface area contributed by atoms with E-state index in [0.717, 1.165) is 41.3 Å². The summed E-state index contributed by atoms with van der Waals surface area (Å²) in [6.07, 6.45) is 8.84. The van der Waals surface area contributed by atoms with Crippen LogP contribution in [0.2, 0.25) is 0 Å². The van der Waals surface area contributed by atoms with Gasteiger partial charge in [-0.2, -0.15) is 0 Å². The molecule has 1 aliphatic heterocycles. The number of carbonyl (C=O) groups is 3. The summed E-state index contributed by atoms with van der Waals surface area (Å²) in [6, 6.07) is 29.8. The third-order valence-electron chi connectivity index (χ3n) is 9.60. The molecule has 49 heavy (non-hydrogen) atoms. The van der Waals surface area contributed by atoms with Crippen LogP contribution in [0.15, 0.2) is 103 Å². The molecule has 1 saturated carbocycles. The number of aromatic nitrogens is 1. The first kappa shape index (κ1) is 31.9. The maximum atomic E-state index is 14.0. The Bertz CT molecular complexity index is 2020. The molecule has 5 aromatic rings. The SMILES string of the molecule is O=C(O)/C=C/c1ccc(NC(=O)C(Cc2ccccc2)NC(=O)c2ccc3c(C4CCCCC4)c4n(c3c2)CCOc2ccccc2-4)cc1. The minimum atomic E-state index is -1.03. The molecule has 0 radical (unpaired) electrons. The number of fused-ring (bicyclic) bond motifs is 5. The number of carbonyl (C=O) groups excluding carboxylic acids is 2. The maximum Gasteiger partial charge on any atom is 0.328 e. The van der Waals surface area contributed by atoms with E-state index in [0.29, 0.717) is 42.3 Å². The van der Waals surface area contributed by atoms with Crippen LogP contribution in [-0.2, 0) is 22.6 Å². The molecule has 8 nitrogen and oxygen atoms in total. The molecule has 4 aromatic carbocycles. The smallest absolute Gasteiger partial charge is 0.328 e. The number of nitrogens with one attached hydrogen (secondary N) is 2. The van der Waals surface area contributed by atoms with Crippen LogP contribution >= 0.6 is 0 Å². The molecule has 248 valence electrons. The highest BCUT2D eigenvalue weighted by Crippen LogP contribution is 2.47. The summed E-state index contributed by atoms with van der Waals surface area (Å²) in [5.41, 5.74) is 7.28. The topological polar surface area (TPSA) is 110 Å². The number of aliphatic carboxylic acids is 1. The van der Waals surface area contributed by atoms with E-state index in [2.05, 4.69) is 33.4 Å². The van der Waals surface area contributed by atoms with Crippen LogP contribution in [0.5, 0.6) is 5.75 Å². The fraction of sp³-hybridized carbons (Fsp3) is 0.244. The van der Waals surface area contributed by atoms with E-state index in [1.165, 1.54) is 42.0 Å². The number of hydrogen-bond donors (Lipinski definition) is 3. The summed E-state index contributed by atoms with van der Waals surface area (Å²) in [7, 11) is 0. The van der Waals surface area contributed by atoms with Crippen molar-refractivity contribution in [1.29, 1.82) is 0 Å². The van der Waals surface area contributed by atoms with E-state index in [4.69, 9.17) is 9.84 Å². The largest absolute Gasteiger partial charge is 0.491 e. The van der Waals surface area contributed by atoms with E-state index in [9.17, 15) is 14.4 Å². The normalized spacial score (nSPS) is 15.1. The summed E-state index contributed by atoms with van der Waals surface area (Å²) in [4.78, 5) is 38.5. The van der Waals surface area contributed by atoms with Gasteiger partial charge >= 0.3 is 5.97 Å². The average molecular weight is 654 g/mol. The number of nitrogens with zero attached hydrogens (tertiary/aromatic N) is 1. The standard InChI is InChI=1S/C41H39N3O5/c45-37(46)22-17-27-15-19-31(20-16-27)42-41(48)34(25-28-9-3-1-4-10-28)43-40(47)30-18-21-32-35(26-30)44-23-24-49-36-14-8-7-13-33(36)39(44)38(32)29-11-5-2-6-12-29/h1,3-4,7-10,13-22,26,29,34H,2,5-6,11-12,23-25H2,(H,42,48)(H,43,47)(H,45,46)/b22-17+. The summed E-state index contributed by atoms with van der Waals surface area (Å²) >= 11 is 0. The molecule has 0 saturated heterocycles. The number of hydrogen-bond acceptors (Lipinski definition) is 4. The molecule has 0 spiro atoms. The molecule has 1 atom stereocenters. The highest BCUT2D eigenvalue weighted by atomic mass is 16.5. The van der Waals surface area contributed by atoms with E-state index in [1.54, 1.807) is 24.3 Å². The Kier molecular flexibility index (Phi) is 9.28. The maximum absolute atomic E-state index is 14.0. The molecule has 1 unspecified atom stereocenters. The van der Waals surface area contributed by atoms with Gasteiger partial charge < -0.3 is 25.0 Å². The zero-order valence-electron chi connectivity index (χ0n) is 27.2. The molecule has 2 amide bonds. The highest BCUT2D eigenvalue weighted by Gasteiger charge is 2.30. The van der Waals surface area contributed by atoms with Crippen molar-refractivity contribution in [3.05, 3.63) is 125 Å². The summed E-state index contributed by atoms with van der Waals surface area (Å²) in [6.45, 7) is 1.20. The first-order chi connectivity index (χ1) is 23.9.